The van der Waals surface area contributed by atoms with E-state index in [0.29, 0.717) is 18.7 Å². The summed E-state index contributed by atoms with van der Waals surface area (Å²) < 4.78 is 0. The zero-order valence-corrected chi connectivity index (χ0v) is 10.4. The van der Waals surface area contributed by atoms with Gasteiger partial charge in [-0.2, -0.15) is 0 Å². The van der Waals surface area contributed by atoms with Gasteiger partial charge in [0.05, 0.1) is 0 Å². The summed E-state index contributed by atoms with van der Waals surface area (Å²) in [7, 11) is 0. The number of carbonyl (C=O) groups excluding carboxylic acids is 1. The molecule has 0 aromatic carbocycles. The van der Waals surface area contributed by atoms with Crippen molar-refractivity contribution in [3.8, 4) is 0 Å². The highest BCUT2D eigenvalue weighted by atomic mass is 16.1. The van der Waals surface area contributed by atoms with Gasteiger partial charge in [-0.15, -0.1) is 0 Å². The third kappa shape index (κ3) is 3.30. The van der Waals surface area contributed by atoms with Gasteiger partial charge in [0.15, 0.2) is 0 Å². The molecule has 0 atom stereocenters. The standard InChI is InChI=1S/C13H25NO/c1-12(2,3)9-6-11(15)13(10-14)7-4-5-8-13/h4-10,14H2,1-3H3. The van der Waals surface area contributed by atoms with Crippen LogP contribution >= 0.6 is 0 Å². The lowest BCUT2D eigenvalue weighted by Crippen LogP contribution is -2.36. The van der Waals surface area contributed by atoms with E-state index in [0.717, 1.165) is 19.3 Å². The van der Waals surface area contributed by atoms with Crippen molar-refractivity contribution in [3.63, 3.8) is 0 Å². The second-order valence-corrected chi connectivity index (χ2v) is 6.18. The van der Waals surface area contributed by atoms with Crippen LogP contribution in [-0.4, -0.2) is 12.3 Å². The summed E-state index contributed by atoms with van der Waals surface area (Å²) in [5.41, 5.74) is 5.89. The van der Waals surface area contributed by atoms with Crippen LogP contribution in [0.2, 0.25) is 0 Å². The van der Waals surface area contributed by atoms with E-state index in [1.165, 1.54) is 12.8 Å². The SMILES string of the molecule is CC(C)(C)CCC(=O)C1(CN)CCCC1. The van der Waals surface area contributed by atoms with Crippen LogP contribution in [0, 0.1) is 10.8 Å². The van der Waals surface area contributed by atoms with Crippen molar-refractivity contribution in [1.29, 1.82) is 0 Å². The van der Waals surface area contributed by atoms with Crippen LogP contribution in [-0.2, 0) is 4.79 Å². The van der Waals surface area contributed by atoms with Crippen molar-refractivity contribution < 1.29 is 4.79 Å². The van der Waals surface area contributed by atoms with Crippen molar-refractivity contribution in [2.24, 2.45) is 16.6 Å². The molecule has 2 heteroatoms. The van der Waals surface area contributed by atoms with Crippen molar-refractivity contribution in [3.05, 3.63) is 0 Å². The number of hydrogen-bond donors (Lipinski definition) is 1. The van der Waals surface area contributed by atoms with Gasteiger partial charge in [0.1, 0.15) is 5.78 Å². The molecule has 1 saturated carbocycles. The molecule has 0 aromatic rings. The average Bonchev–Trinajstić information content (AvgIpc) is 2.62. The van der Waals surface area contributed by atoms with Crippen molar-refractivity contribution in [1.82, 2.24) is 0 Å². The molecule has 2 N–H and O–H groups in total. The van der Waals surface area contributed by atoms with E-state index in [-0.39, 0.29) is 10.8 Å². The Kier molecular flexibility index (Phi) is 3.93. The molecule has 1 aliphatic rings. The van der Waals surface area contributed by atoms with Gasteiger partial charge in [0, 0.05) is 18.4 Å². The maximum absolute atomic E-state index is 12.2. The molecule has 0 saturated heterocycles. The van der Waals surface area contributed by atoms with Crippen LogP contribution in [0.5, 0.6) is 0 Å². The van der Waals surface area contributed by atoms with Crippen molar-refractivity contribution >= 4 is 5.78 Å². The third-order valence-corrected chi connectivity index (χ3v) is 3.64. The van der Waals surface area contributed by atoms with Crippen molar-refractivity contribution in [2.75, 3.05) is 6.54 Å². The minimum Gasteiger partial charge on any atom is -0.329 e. The third-order valence-electron chi connectivity index (χ3n) is 3.64. The highest BCUT2D eigenvalue weighted by Crippen LogP contribution is 2.39. The molecule has 0 bridgehead atoms. The molecule has 1 rings (SSSR count). The minimum atomic E-state index is -0.148. The fourth-order valence-corrected chi connectivity index (χ4v) is 2.40. The summed E-state index contributed by atoms with van der Waals surface area (Å²) in [6.07, 6.45) is 6.09. The van der Waals surface area contributed by atoms with Crippen LogP contribution in [0.3, 0.4) is 0 Å². The first-order valence-electron chi connectivity index (χ1n) is 6.13. The summed E-state index contributed by atoms with van der Waals surface area (Å²) in [4.78, 5) is 12.2. The summed E-state index contributed by atoms with van der Waals surface area (Å²) in [5.74, 6) is 0.414. The molecule has 88 valence electrons. The predicted octanol–water partition coefficient (Wildman–Crippen LogP) is 2.90. The molecule has 0 aliphatic heterocycles. The second-order valence-electron chi connectivity index (χ2n) is 6.18. The average molecular weight is 211 g/mol. The first-order valence-corrected chi connectivity index (χ1v) is 6.13. The van der Waals surface area contributed by atoms with Gasteiger partial charge in [-0.05, 0) is 24.7 Å². The molecule has 1 aliphatic carbocycles. The zero-order chi connectivity index (χ0) is 11.5. The van der Waals surface area contributed by atoms with Gasteiger partial charge in [-0.3, -0.25) is 4.79 Å². The van der Waals surface area contributed by atoms with Crippen LogP contribution in [0.25, 0.3) is 0 Å². The smallest absolute Gasteiger partial charge is 0.140 e. The monoisotopic (exact) mass is 211 g/mol. The number of ketones is 1. The first kappa shape index (κ1) is 12.7. The van der Waals surface area contributed by atoms with E-state index in [1.54, 1.807) is 0 Å². The first-order chi connectivity index (χ1) is 6.90. The largest absolute Gasteiger partial charge is 0.329 e. The Morgan fingerprint density at radius 1 is 1.27 bits per heavy atom. The van der Waals surface area contributed by atoms with Gasteiger partial charge in [-0.25, -0.2) is 0 Å². The molecule has 0 radical (unpaired) electrons. The molecule has 0 aromatic heterocycles. The maximum atomic E-state index is 12.2. The van der Waals surface area contributed by atoms with E-state index >= 15 is 0 Å². The lowest BCUT2D eigenvalue weighted by molar-refractivity contribution is -0.128. The topological polar surface area (TPSA) is 43.1 Å². The lowest BCUT2D eigenvalue weighted by Gasteiger charge is -2.27. The predicted molar refractivity (Wildman–Crippen MR) is 63.7 cm³/mol. The number of nitrogens with two attached hydrogens (primary N) is 1. The van der Waals surface area contributed by atoms with E-state index in [2.05, 4.69) is 20.8 Å². The number of carbonyl (C=O) groups is 1. The normalized spacial score (nSPS) is 20.5. The number of Topliss-reactive ketones (excluding diaryl/α,β-unsaturated/α-hetero) is 1. The van der Waals surface area contributed by atoms with Crippen LogP contribution < -0.4 is 5.73 Å². The van der Waals surface area contributed by atoms with Gasteiger partial charge >= 0.3 is 0 Å². The fraction of sp³-hybridized carbons (Fsp3) is 0.923. The van der Waals surface area contributed by atoms with E-state index in [1.807, 2.05) is 0 Å². The second kappa shape index (κ2) is 4.65. The molecule has 0 heterocycles. The summed E-state index contributed by atoms with van der Waals surface area (Å²) in [5, 5.41) is 0. The molecular formula is C13H25NO. The van der Waals surface area contributed by atoms with Crippen molar-refractivity contribution in [2.45, 2.75) is 59.3 Å². The van der Waals surface area contributed by atoms with E-state index in [4.69, 9.17) is 5.73 Å². The lowest BCUT2D eigenvalue weighted by atomic mass is 9.77. The fourth-order valence-electron chi connectivity index (χ4n) is 2.40. The Morgan fingerprint density at radius 2 is 1.80 bits per heavy atom. The zero-order valence-electron chi connectivity index (χ0n) is 10.4. The highest BCUT2D eigenvalue weighted by molar-refractivity contribution is 5.85. The quantitative estimate of drug-likeness (QED) is 0.777. The minimum absolute atomic E-state index is 0.148. The Labute approximate surface area is 93.6 Å². The molecule has 0 spiro atoms. The molecular weight excluding hydrogens is 186 g/mol. The van der Waals surface area contributed by atoms with E-state index < -0.39 is 0 Å². The van der Waals surface area contributed by atoms with Gasteiger partial charge < -0.3 is 5.73 Å². The Balaban J connectivity index is 2.51. The Bertz CT molecular complexity index is 221. The molecule has 0 amide bonds. The van der Waals surface area contributed by atoms with Gasteiger partial charge in [-0.1, -0.05) is 33.6 Å². The Morgan fingerprint density at radius 3 is 2.20 bits per heavy atom. The van der Waals surface area contributed by atoms with E-state index in [9.17, 15) is 4.79 Å². The van der Waals surface area contributed by atoms with Crippen LogP contribution in [0.4, 0.5) is 0 Å². The molecule has 1 fully saturated rings. The molecule has 0 unspecified atom stereocenters. The maximum Gasteiger partial charge on any atom is 0.140 e. The highest BCUT2D eigenvalue weighted by Gasteiger charge is 2.39. The molecule has 15 heavy (non-hydrogen) atoms. The van der Waals surface area contributed by atoms with Gasteiger partial charge in [0.25, 0.3) is 0 Å². The number of rotatable bonds is 4. The summed E-state index contributed by atoms with van der Waals surface area (Å²) in [6.45, 7) is 7.11. The Hall–Kier alpha value is -0.370. The van der Waals surface area contributed by atoms with Crippen LogP contribution in [0.15, 0.2) is 0 Å². The summed E-state index contributed by atoms with van der Waals surface area (Å²) >= 11 is 0. The summed E-state index contributed by atoms with van der Waals surface area (Å²) in [6, 6.07) is 0. The van der Waals surface area contributed by atoms with Crippen LogP contribution in [0.1, 0.15) is 59.3 Å². The van der Waals surface area contributed by atoms with Gasteiger partial charge in [0.2, 0.25) is 0 Å². The molecule has 2 nitrogen and oxygen atoms in total. The number of hydrogen-bond acceptors (Lipinski definition) is 2.